The number of nitrogens with zero attached hydrogens (tertiary/aromatic N) is 2. The van der Waals surface area contributed by atoms with E-state index in [0.29, 0.717) is 6.54 Å². The summed E-state index contributed by atoms with van der Waals surface area (Å²) in [6.07, 6.45) is 1.98. The zero-order chi connectivity index (χ0) is 13.3. The fraction of sp³-hybridized carbons (Fsp3) is 0.500. The molecule has 0 saturated heterocycles. The van der Waals surface area contributed by atoms with Crippen LogP contribution in [0.15, 0.2) is 18.2 Å². The van der Waals surface area contributed by atoms with Crippen LogP contribution in [-0.2, 0) is 12.5 Å². The van der Waals surface area contributed by atoms with Crippen LogP contribution in [0.1, 0.15) is 32.5 Å². The molecule has 0 aliphatic rings. The van der Waals surface area contributed by atoms with E-state index in [0.717, 1.165) is 34.7 Å². The molecule has 2 aromatic rings. The second kappa shape index (κ2) is 4.90. The van der Waals surface area contributed by atoms with Crippen LogP contribution in [0, 0.1) is 0 Å². The van der Waals surface area contributed by atoms with Gasteiger partial charge >= 0.3 is 0 Å². The molecule has 0 saturated carbocycles. The van der Waals surface area contributed by atoms with Crippen molar-refractivity contribution in [2.45, 2.75) is 32.1 Å². The molecule has 0 fully saturated rings. The van der Waals surface area contributed by atoms with E-state index in [9.17, 15) is 0 Å². The van der Waals surface area contributed by atoms with E-state index in [4.69, 9.17) is 22.3 Å². The maximum atomic E-state index is 6.05. The molecule has 0 radical (unpaired) electrons. The monoisotopic (exact) mass is 265 g/mol. The Kier molecular flexibility index (Phi) is 3.64. The largest absolute Gasteiger partial charge is 0.331 e. The third kappa shape index (κ3) is 1.91. The highest BCUT2D eigenvalue weighted by molar-refractivity contribution is 6.31. The molecule has 0 atom stereocenters. The minimum absolute atomic E-state index is 0.0414. The Labute approximate surface area is 113 Å². The van der Waals surface area contributed by atoms with Crippen LogP contribution in [0.25, 0.3) is 11.0 Å². The van der Waals surface area contributed by atoms with Crippen LogP contribution in [0.2, 0.25) is 5.02 Å². The Morgan fingerprint density at radius 2 is 2.00 bits per heavy atom. The van der Waals surface area contributed by atoms with Crippen LogP contribution < -0.4 is 5.73 Å². The van der Waals surface area contributed by atoms with E-state index in [1.54, 1.807) is 0 Å². The van der Waals surface area contributed by atoms with E-state index < -0.39 is 0 Å². The summed E-state index contributed by atoms with van der Waals surface area (Å²) in [6, 6.07) is 5.80. The summed E-state index contributed by atoms with van der Waals surface area (Å²) < 4.78 is 2.13. The Morgan fingerprint density at radius 3 is 2.56 bits per heavy atom. The molecule has 0 unspecified atom stereocenters. The number of fused-ring (bicyclic) bond motifs is 1. The van der Waals surface area contributed by atoms with Crippen molar-refractivity contribution in [1.82, 2.24) is 9.55 Å². The number of rotatable bonds is 4. The first kappa shape index (κ1) is 13.4. The first-order valence-electron chi connectivity index (χ1n) is 6.40. The zero-order valence-corrected chi connectivity index (χ0v) is 12.0. The molecule has 2 N–H and O–H groups in total. The van der Waals surface area contributed by atoms with Crippen LogP contribution in [-0.4, -0.2) is 16.1 Å². The lowest BCUT2D eigenvalue weighted by Crippen LogP contribution is -2.36. The van der Waals surface area contributed by atoms with Crippen molar-refractivity contribution in [2.75, 3.05) is 6.54 Å². The van der Waals surface area contributed by atoms with Crippen molar-refractivity contribution in [3.8, 4) is 0 Å². The standard InChI is InChI=1S/C14H20ClN3/c1-4-14(5-2,9-16)13-17-11-7-6-10(15)8-12(11)18(13)3/h6-8H,4-5,9,16H2,1-3H3. The fourth-order valence-corrected chi connectivity index (χ4v) is 2.75. The summed E-state index contributed by atoms with van der Waals surface area (Å²) in [4.78, 5) is 4.76. The molecule has 0 spiro atoms. The maximum Gasteiger partial charge on any atom is 0.117 e. The fourth-order valence-electron chi connectivity index (χ4n) is 2.58. The highest BCUT2D eigenvalue weighted by Crippen LogP contribution is 2.32. The molecule has 1 aromatic carbocycles. The van der Waals surface area contributed by atoms with E-state index in [2.05, 4.69) is 18.4 Å². The minimum atomic E-state index is -0.0414. The lowest BCUT2D eigenvalue weighted by Gasteiger charge is -2.29. The van der Waals surface area contributed by atoms with E-state index in [1.165, 1.54) is 0 Å². The summed E-state index contributed by atoms with van der Waals surface area (Å²) in [5.41, 5.74) is 8.01. The molecule has 0 aliphatic carbocycles. The molecular weight excluding hydrogens is 246 g/mol. The van der Waals surface area contributed by atoms with Gasteiger partial charge in [0.2, 0.25) is 0 Å². The second-order valence-electron chi connectivity index (χ2n) is 4.82. The van der Waals surface area contributed by atoms with Gasteiger partial charge in [-0.1, -0.05) is 25.4 Å². The van der Waals surface area contributed by atoms with Gasteiger partial charge in [-0.2, -0.15) is 0 Å². The minimum Gasteiger partial charge on any atom is -0.331 e. The van der Waals surface area contributed by atoms with E-state index in [1.807, 2.05) is 25.2 Å². The second-order valence-corrected chi connectivity index (χ2v) is 5.26. The number of aryl methyl sites for hydroxylation is 1. The topological polar surface area (TPSA) is 43.8 Å². The Hall–Kier alpha value is -1.06. The first-order valence-corrected chi connectivity index (χ1v) is 6.78. The molecule has 3 nitrogen and oxygen atoms in total. The molecule has 18 heavy (non-hydrogen) atoms. The molecule has 0 bridgehead atoms. The van der Waals surface area contributed by atoms with Crippen molar-refractivity contribution in [2.24, 2.45) is 12.8 Å². The summed E-state index contributed by atoms with van der Waals surface area (Å²) >= 11 is 6.05. The van der Waals surface area contributed by atoms with E-state index in [-0.39, 0.29) is 5.41 Å². The quantitative estimate of drug-likeness (QED) is 0.922. The third-order valence-electron chi connectivity index (χ3n) is 4.06. The number of imidazole rings is 1. The summed E-state index contributed by atoms with van der Waals surface area (Å²) in [5, 5.41) is 0.739. The van der Waals surface area contributed by atoms with Gasteiger partial charge in [0.25, 0.3) is 0 Å². The van der Waals surface area contributed by atoms with Crippen molar-refractivity contribution in [3.05, 3.63) is 29.0 Å². The molecule has 1 heterocycles. The van der Waals surface area contributed by atoms with Gasteiger partial charge in [-0.3, -0.25) is 0 Å². The number of nitrogens with two attached hydrogens (primary N) is 1. The average molecular weight is 266 g/mol. The highest BCUT2D eigenvalue weighted by Gasteiger charge is 2.31. The van der Waals surface area contributed by atoms with Crippen LogP contribution >= 0.6 is 11.6 Å². The molecule has 2 rings (SSSR count). The Bertz CT molecular complexity index is 547. The average Bonchev–Trinajstić information content (AvgIpc) is 2.71. The van der Waals surface area contributed by atoms with Gasteiger partial charge in [-0.15, -0.1) is 0 Å². The predicted molar refractivity (Wildman–Crippen MR) is 77.0 cm³/mol. The number of hydrogen-bond donors (Lipinski definition) is 1. The van der Waals surface area contributed by atoms with Crippen LogP contribution in [0.3, 0.4) is 0 Å². The van der Waals surface area contributed by atoms with Crippen molar-refractivity contribution in [3.63, 3.8) is 0 Å². The van der Waals surface area contributed by atoms with Gasteiger partial charge in [0.1, 0.15) is 5.82 Å². The third-order valence-corrected chi connectivity index (χ3v) is 4.30. The smallest absolute Gasteiger partial charge is 0.117 e. The number of halogens is 1. The van der Waals surface area contributed by atoms with Crippen molar-refractivity contribution in [1.29, 1.82) is 0 Å². The number of hydrogen-bond acceptors (Lipinski definition) is 2. The lowest BCUT2D eigenvalue weighted by molar-refractivity contribution is 0.374. The van der Waals surface area contributed by atoms with Gasteiger partial charge in [-0.05, 0) is 31.0 Å². The molecule has 0 amide bonds. The van der Waals surface area contributed by atoms with Gasteiger partial charge < -0.3 is 10.3 Å². The summed E-state index contributed by atoms with van der Waals surface area (Å²) in [5.74, 6) is 1.06. The SMILES string of the molecule is CCC(CC)(CN)c1nc2ccc(Cl)cc2n1C. The Balaban J connectivity index is 2.68. The van der Waals surface area contributed by atoms with Crippen LogP contribution in [0.5, 0.6) is 0 Å². The Morgan fingerprint density at radius 1 is 1.33 bits per heavy atom. The molecule has 1 aromatic heterocycles. The summed E-state index contributed by atoms with van der Waals surface area (Å²) in [6.45, 7) is 4.95. The van der Waals surface area contributed by atoms with Crippen molar-refractivity contribution < 1.29 is 0 Å². The molecular formula is C14H20ClN3. The molecule has 98 valence electrons. The van der Waals surface area contributed by atoms with Gasteiger partial charge in [-0.25, -0.2) is 4.98 Å². The number of aromatic nitrogens is 2. The maximum absolute atomic E-state index is 6.05. The zero-order valence-electron chi connectivity index (χ0n) is 11.2. The van der Waals surface area contributed by atoms with E-state index >= 15 is 0 Å². The first-order chi connectivity index (χ1) is 8.57. The van der Waals surface area contributed by atoms with Gasteiger partial charge in [0.05, 0.1) is 11.0 Å². The highest BCUT2D eigenvalue weighted by atomic mass is 35.5. The van der Waals surface area contributed by atoms with Gasteiger partial charge in [0, 0.05) is 24.0 Å². The number of benzene rings is 1. The van der Waals surface area contributed by atoms with Crippen LogP contribution in [0.4, 0.5) is 0 Å². The van der Waals surface area contributed by atoms with Gasteiger partial charge in [0.15, 0.2) is 0 Å². The van der Waals surface area contributed by atoms with Crippen molar-refractivity contribution >= 4 is 22.6 Å². The molecule has 4 heteroatoms. The summed E-state index contributed by atoms with van der Waals surface area (Å²) in [7, 11) is 2.04. The molecule has 0 aliphatic heterocycles. The normalized spacial score (nSPS) is 12.3. The lowest BCUT2D eigenvalue weighted by atomic mass is 9.81. The predicted octanol–water partition coefficient (Wildman–Crippen LogP) is 3.24.